The largest absolute Gasteiger partial charge is 0.356 e. The normalized spacial score (nSPS) is 11.5. The van der Waals surface area contributed by atoms with E-state index < -0.39 is 6.04 Å². The van der Waals surface area contributed by atoms with Gasteiger partial charge in [0.25, 0.3) is 5.56 Å². The molecule has 4 rings (SSSR count). The van der Waals surface area contributed by atoms with Gasteiger partial charge in [0.15, 0.2) is 0 Å². The third-order valence-electron chi connectivity index (χ3n) is 4.74. The Balaban J connectivity index is 1.47. The summed E-state index contributed by atoms with van der Waals surface area (Å²) >= 11 is 0. The van der Waals surface area contributed by atoms with Crippen LogP contribution in [0.15, 0.2) is 96.1 Å². The fourth-order valence-corrected chi connectivity index (χ4v) is 3.05. The number of nitrogens with zero attached hydrogens (tertiary/aromatic N) is 3. The second-order valence-corrected chi connectivity index (χ2v) is 6.98. The summed E-state index contributed by atoms with van der Waals surface area (Å²) in [5, 5.41) is 10.5. The Kier molecular flexibility index (Phi) is 5.84. The molecule has 154 valence electrons. The first-order valence-electron chi connectivity index (χ1n) is 9.83. The van der Waals surface area contributed by atoms with Crippen molar-refractivity contribution in [3.05, 3.63) is 102 Å². The molecule has 0 aliphatic rings. The zero-order valence-corrected chi connectivity index (χ0v) is 16.9. The van der Waals surface area contributed by atoms with Crippen molar-refractivity contribution in [1.82, 2.24) is 14.8 Å². The van der Waals surface area contributed by atoms with Crippen LogP contribution in [-0.2, 0) is 4.79 Å². The number of nitrogens with one attached hydrogen (secondary N) is 2. The van der Waals surface area contributed by atoms with Gasteiger partial charge in [-0.25, -0.2) is 4.68 Å². The van der Waals surface area contributed by atoms with Gasteiger partial charge in [-0.15, -0.1) is 0 Å². The maximum absolute atomic E-state index is 12.8. The van der Waals surface area contributed by atoms with Crippen LogP contribution in [0.25, 0.3) is 11.3 Å². The number of hydrogen-bond donors (Lipinski definition) is 2. The molecule has 0 spiro atoms. The predicted molar refractivity (Wildman–Crippen MR) is 121 cm³/mol. The van der Waals surface area contributed by atoms with Gasteiger partial charge in [-0.2, -0.15) is 5.10 Å². The Morgan fingerprint density at radius 1 is 0.871 bits per heavy atom. The highest BCUT2D eigenvalue weighted by Gasteiger charge is 2.18. The number of aromatic nitrogens is 3. The van der Waals surface area contributed by atoms with E-state index in [1.807, 2.05) is 48.5 Å². The first kappa shape index (κ1) is 20.0. The molecule has 1 unspecified atom stereocenters. The lowest BCUT2D eigenvalue weighted by Gasteiger charge is -2.15. The molecule has 0 saturated carbocycles. The maximum atomic E-state index is 12.8. The third kappa shape index (κ3) is 4.84. The van der Waals surface area contributed by atoms with Crippen molar-refractivity contribution in [1.29, 1.82) is 0 Å². The molecule has 0 bridgehead atoms. The number of rotatable bonds is 6. The summed E-state index contributed by atoms with van der Waals surface area (Å²) < 4.78 is 1.18. The quantitative estimate of drug-likeness (QED) is 0.495. The van der Waals surface area contributed by atoms with Crippen LogP contribution in [0.1, 0.15) is 13.0 Å². The van der Waals surface area contributed by atoms with Crippen LogP contribution in [0.4, 0.5) is 17.1 Å². The van der Waals surface area contributed by atoms with E-state index in [0.717, 1.165) is 16.9 Å². The second-order valence-electron chi connectivity index (χ2n) is 6.98. The van der Waals surface area contributed by atoms with E-state index in [2.05, 4.69) is 20.7 Å². The molecule has 2 N–H and O–H groups in total. The second kappa shape index (κ2) is 9.04. The van der Waals surface area contributed by atoms with E-state index in [9.17, 15) is 9.59 Å². The fourth-order valence-electron chi connectivity index (χ4n) is 3.05. The zero-order valence-electron chi connectivity index (χ0n) is 16.9. The molecule has 2 aromatic carbocycles. The van der Waals surface area contributed by atoms with Gasteiger partial charge >= 0.3 is 0 Å². The van der Waals surface area contributed by atoms with Crippen molar-refractivity contribution in [2.24, 2.45) is 0 Å². The number of pyridine rings is 1. The molecule has 0 fully saturated rings. The van der Waals surface area contributed by atoms with Gasteiger partial charge < -0.3 is 10.6 Å². The molecule has 0 aliphatic carbocycles. The number of anilines is 3. The predicted octanol–water partition coefficient (Wildman–Crippen LogP) is 4.25. The molecule has 7 heteroatoms. The van der Waals surface area contributed by atoms with Crippen LogP contribution in [0.3, 0.4) is 0 Å². The van der Waals surface area contributed by atoms with Gasteiger partial charge in [0.2, 0.25) is 5.91 Å². The molecule has 0 aliphatic heterocycles. The minimum absolute atomic E-state index is 0.332. The summed E-state index contributed by atoms with van der Waals surface area (Å²) in [6.07, 6.45) is 3.32. The van der Waals surface area contributed by atoms with Gasteiger partial charge in [0.05, 0.1) is 5.69 Å². The van der Waals surface area contributed by atoms with Gasteiger partial charge in [-0.05, 0) is 61.5 Å². The van der Waals surface area contributed by atoms with Crippen molar-refractivity contribution in [2.75, 3.05) is 10.6 Å². The number of amides is 1. The smallest absolute Gasteiger partial charge is 0.267 e. The lowest BCUT2D eigenvalue weighted by Crippen LogP contribution is -2.33. The molecule has 0 radical (unpaired) electrons. The van der Waals surface area contributed by atoms with Crippen LogP contribution in [0, 0.1) is 0 Å². The number of carbonyl (C=O) groups is 1. The molecule has 2 aromatic heterocycles. The zero-order chi connectivity index (χ0) is 21.6. The molecule has 1 atom stereocenters. The Labute approximate surface area is 179 Å². The van der Waals surface area contributed by atoms with Crippen molar-refractivity contribution in [3.63, 3.8) is 0 Å². The number of hydrogen-bond acceptors (Lipinski definition) is 5. The Morgan fingerprint density at radius 2 is 1.58 bits per heavy atom. The number of para-hydroxylation sites is 1. The van der Waals surface area contributed by atoms with Crippen LogP contribution in [0.2, 0.25) is 0 Å². The van der Waals surface area contributed by atoms with Crippen molar-refractivity contribution in [2.45, 2.75) is 13.0 Å². The van der Waals surface area contributed by atoms with Crippen LogP contribution < -0.4 is 16.2 Å². The highest BCUT2D eigenvalue weighted by molar-refractivity contribution is 5.93. The Morgan fingerprint density at radius 3 is 2.29 bits per heavy atom. The summed E-state index contributed by atoms with van der Waals surface area (Å²) in [7, 11) is 0. The SMILES string of the molecule is CC(C(=O)Nc1ccc(Nc2ccccc2)cc1)n1nc(-c2cccnc2)ccc1=O. The highest BCUT2D eigenvalue weighted by atomic mass is 16.2. The van der Waals surface area contributed by atoms with E-state index in [1.54, 1.807) is 43.6 Å². The highest BCUT2D eigenvalue weighted by Crippen LogP contribution is 2.20. The van der Waals surface area contributed by atoms with Crippen LogP contribution in [0.5, 0.6) is 0 Å². The first-order valence-corrected chi connectivity index (χ1v) is 9.83. The Bertz CT molecular complexity index is 1220. The summed E-state index contributed by atoms with van der Waals surface area (Å²) in [5.74, 6) is -0.332. The van der Waals surface area contributed by atoms with Gasteiger partial charge in [0.1, 0.15) is 6.04 Å². The summed E-state index contributed by atoms with van der Waals surface area (Å²) in [5.41, 5.74) is 3.50. The topological polar surface area (TPSA) is 88.9 Å². The minimum Gasteiger partial charge on any atom is -0.356 e. The van der Waals surface area contributed by atoms with Gasteiger partial charge in [-0.1, -0.05) is 18.2 Å². The van der Waals surface area contributed by atoms with Crippen molar-refractivity contribution in [3.8, 4) is 11.3 Å². The van der Waals surface area contributed by atoms with Crippen molar-refractivity contribution < 1.29 is 4.79 Å². The molecule has 4 aromatic rings. The monoisotopic (exact) mass is 411 g/mol. The van der Waals surface area contributed by atoms with E-state index in [1.165, 1.54) is 10.7 Å². The number of benzene rings is 2. The van der Waals surface area contributed by atoms with Gasteiger partial charge in [-0.3, -0.25) is 14.6 Å². The van der Waals surface area contributed by atoms with Crippen LogP contribution in [-0.4, -0.2) is 20.7 Å². The lowest BCUT2D eigenvalue weighted by molar-refractivity contribution is -0.119. The average molecular weight is 411 g/mol. The summed E-state index contributed by atoms with van der Waals surface area (Å²) in [6, 6.07) is 23.1. The molecule has 1 amide bonds. The van der Waals surface area contributed by atoms with E-state index in [4.69, 9.17) is 0 Å². The lowest BCUT2D eigenvalue weighted by atomic mass is 10.2. The third-order valence-corrected chi connectivity index (χ3v) is 4.74. The molecule has 0 saturated heterocycles. The minimum atomic E-state index is -0.786. The fraction of sp³-hybridized carbons (Fsp3) is 0.0833. The first-order chi connectivity index (χ1) is 15.1. The maximum Gasteiger partial charge on any atom is 0.267 e. The molecule has 31 heavy (non-hydrogen) atoms. The average Bonchev–Trinajstić information content (AvgIpc) is 2.81. The standard InChI is InChI=1S/C24H21N5O2/c1-17(29-23(30)14-13-22(28-29)18-6-5-15-25-16-18)24(31)27-21-11-9-20(10-12-21)26-19-7-3-2-4-8-19/h2-17,26H,1H3,(H,27,31). The summed E-state index contributed by atoms with van der Waals surface area (Å²) in [6.45, 7) is 1.64. The Hall–Kier alpha value is -4.26. The van der Waals surface area contributed by atoms with Gasteiger partial charge in [0, 0.05) is 41.1 Å². The molecule has 2 heterocycles. The summed E-state index contributed by atoms with van der Waals surface area (Å²) in [4.78, 5) is 29.1. The molecular weight excluding hydrogens is 390 g/mol. The van der Waals surface area contributed by atoms with E-state index >= 15 is 0 Å². The van der Waals surface area contributed by atoms with Crippen LogP contribution >= 0.6 is 0 Å². The van der Waals surface area contributed by atoms with E-state index in [-0.39, 0.29) is 11.5 Å². The molecular formula is C24H21N5O2. The number of carbonyl (C=O) groups excluding carboxylic acids is 1. The van der Waals surface area contributed by atoms with E-state index in [0.29, 0.717) is 11.4 Å². The molecule has 7 nitrogen and oxygen atoms in total. The van der Waals surface area contributed by atoms with Crippen molar-refractivity contribution >= 4 is 23.0 Å².